The van der Waals surface area contributed by atoms with Crippen LogP contribution in [-0.4, -0.2) is 52.0 Å². The fourth-order valence-electron chi connectivity index (χ4n) is 3.36. The highest BCUT2D eigenvalue weighted by molar-refractivity contribution is 6.36. The second-order valence-corrected chi connectivity index (χ2v) is 7.92. The van der Waals surface area contributed by atoms with E-state index in [-0.39, 0.29) is 5.91 Å². The van der Waals surface area contributed by atoms with Crippen molar-refractivity contribution in [1.29, 1.82) is 0 Å². The lowest BCUT2D eigenvalue weighted by Crippen LogP contribution is -2.48. The molecule has 0 atom stereocenters. The third-order valence-corrected chi connectivity index (χ3v) is 5.47. The summed E-state index contributed by atoms with van der Waals surface area (Å²) in [7, 11) is 0. The highest BCUT2D eigenvalue weighted by Gasteiger charge is 2.24. The molecule has 4 rings (SSSR count). The molecule has 0 N–H and O–H groups in total. The van der Waals surface area contributed by atoms with Crippen LogP contribution in [0.2, 0.25) is 10.0 Å². The monoisotopic (exact) mass is 430 g/mol. The van der Waals surface area contributed by atoms with E-state index in [4.69, 9.17) is 27.7 Å². The molecule has 6 nitrogen and oxygen atoms in total. The van der Waals surface area contributed by atoms with Crippen LogP contribution in [0.15, 0.2) is 47.0 Å². The van der Waals surface area contributed by atoms with Crippen LogP contribution in [0.4, 0.5) is 0 Å². The van der Waals surface area contributed by atoms with Crippen molar-refractivity contribution in [3.8, 4) is 11.5 Å². The first-order chi connectivity index (χ1) is 14.0. The van der Waals surface area contributed by atoms with E-state index < -0.39 is 0 Å². The van der Waals surface area contributed by atoms with E-state index in [1.165, 1.54) is 0 Å². The summed E-state index contributed by atoms with van der Waals surface area (Å²) < 4.78 is 5.41. The molecule has 0 aliphatic carbocycles. The number of rotatable bonds is 4. The quantitative estimate of drug-likeness (QED) is 0.616. The van der Waals surface area contributed by atoms with Gasteiger partial charge < -0.3 is 9.42 Å². The first-order valence-electron chi connectivity index (χ1n) is 9.36. The molecular weight excluding hydrogens is 411 g/mol. The van der Waals surface area contributed by atoms with Crippen LogP contribution in [0.25, 0.3) is 11.5 Å². The zero-order valence-corrected chi connectivity index (χ0v) is 17.5. The number of aryl methyl sites for hydroxylation is 1. The number of hydrogen-bond acceptors (Lipinski definition) is 5. The van der Waals surface area contributed by atoms with Gasteiger partial charge in [-0.1, -0.05) is 46.1 Å². The molecule has 8 heteroatoms. The lowest BCUT2D eigenvalue weighted by Gasteiger charge is -2.34. The molecule has 1 aliphatic heterocycles. The van der Waals surface area contributed by atoms with Crippen LogP contribution in [0, 0.1) is 6.92 Å². The van der Waals surface area contributed by atoms with Gasteiger partial charge in [0.2, 0.25) is 0 Å². The molecule has 2 heterocycles. The molecule has 1 saturated heterocycles. The molecule has 2 aromatic carbocycles. The molecule has 0 unspecified atom stereocenters. The van der Waals surface area contributed by atoms with E-state index in [1.54, 1.807) is 23.1 Å². The molecule has 1 fully saturated rings. The molecule has 1 aromatic heterocycles. The number of benzene rings is 2. The molecule has 0 saturated carbocycles. The number of aromatic nitrogens is 2. The van der Waals surface area contributed by atoms with Crippen molar-refractivity contribution in [3.63, 3.8) is 0 Å². The third kappa shape index (κ3) is 4.61. The first kappa shape index (κ1) is 19.9. The summed E-state index contributed by atoms with van der Waals surface area (Å²) in [5.74, 6) is 1.09. The fraction of sp³-hybridized carbons (Fsp3) is 0.286. The lowest BCUT2D eigenvalue weighted by molar-refractivity contribution is 0.0624. The SMILES string of the molecule is Cc1cccc(-c2nc(CN3CCN(C(=O)c4ccc(Cl)cc4Cl)CC3)no2)c1. The largest absolute Gasteiger partial charge is 0.336 e. The second-order valence-electron chi connectivity index (χ2n) is 7.08. The molecule has 29 heavy (non-hydrogen) atoms. The molecule has 0 spiro atoms. The van der Waals surface area contributed by atoms with Crippen molar-refractivity contribution in [2.24, 2.45) is 0 Å². The Labute approximate surface area is 179 Å². The minimum atomic E-state index is -0.0763. The van der Waals surface area contributed by atoms with Gasteiger partial charge >= 0.3 is 0 Å². The van der Waals surface area contributed by atoms with Crippen LogP contribution in [-0.2, 0) is 6.54 Å². The van der Waals surface area contributed by atoms with Crippen LogP contribution in [0.1, 0.15) is 21.7 Å². The number of hydrogen-bond donors (Lipinski definition) is 0. The fourth-order valence-corrected chi connectivity index (χ4v) is 3.85. The highest BCUT2D eigenvalue weighted by Crippen LogP contribution is 2.23. The topological polar surface area (TPSA) is 62.5 Å². The molecule has 150 valence electrons. The molecule has 0 bridgehead atoms. The average molecular weight is 431 g/mol. The Hall–Kier alpha value is -2.41. The van der Waals surface area contributed by atoms with Crippen molar-refractivity contribution in [3.05, 3.63) is 69.5 Å². The van der Waals surface area contributed by atoms with Gasteiger partial charge in [0.1, 0.15) is 0 Å². The summed E-state index contributed by atoms with van der Waals surface area (Å²) in [5.41, 5.74) is 2.54. The summed E-state index contributed by atoms with van der Waals surface area (Å²) in [5, 5.41) is 4.99. The third-order valence-electron chi connectivity index (χ3n) is 4.92. The van der Waals surface area contributed by atoms with Crippen molar-refractivity contribution in [1.82, 2.24) is 19.9 Å². The number of carbonyl (C=O) groups excluding carboxylic acids is 1. The Morgan fingerprint density at radius 1 is 1.10 bits per heavy atom. The first-order valence-corrected chi connectivity index (χ1v) is 10.1. The predicted molar refractivity (Wildman–Crippen MR) is 112 cm³/mol. The Morgan fingerprint density at radius 2 is 1.90 bits per heavy atom. The van der Waals surface area contributed by atoms with E-state index in [0.29, 0.717) is 47.0 Å². The Bertz CT molecular complexity index is 1030. The molecule has 1 amide bonds. The lowest BCUT2D eigenvalue weighted by atomic mass is 10.1. The normalized spacial score (nSPS) is 14.9. The van der Waals surface area contributed by atoms with Gasteiger partial charge in [-0.25, -0.2) is 0 Å². The Balaban J connectivity index is 1.35. The Kier molecular flexibility index (Phi) is 5.85. The van der Waals surface area contributed by atoms with Crippen LogP contribution >= 0.6 is 23.2 Å². The maximum absolute atomic E-state index is 12.7. The molecule has 3 aromatic rings. The molecule has 1 aliphatic rings. The van der Waals surface area contributed by atoms with Gasteiger partial charge in [0.05, 0.1) is 17.1 Å². The highest BCUT2D eigenvalue weighted by atomic mass is 35.5. The van der Waals surface area contributed by atoms with Gasteiger partial charge in [-0.15, -0.1) is 0 Å². The summed E-state index contributed by atoms with van der Waals surface area (Å²) in [4.78, 5) is 21.2. The number of halogens is 2. The van der Waals surface area contributed by atoms with Crippen molar-refractivity contribution in [2.75, 3.05) is 26.2 Å². The molecule has 0 radical (unpaired) electrons. The summed E-state index contributed by atoms with van der Waals surface area (Å²) in [6.45, 7) is 5.29. The van der Waals surface area contributed by atoms with E-state index in [0.717, 1.165) is 24.2 Å². The molecular formula is C21H20Cl2N4O2. The smallest absolute Gasteiger partial charge is 0.257 e. The van der Waals surface area contributed by atoms with Crippen molar-refractivity contribution < 1.29 is 9.32 Å². The summed E-state index contributed by atoms with van der Waals surface area (Å²) >= 11 is 12.1. The van der Waals surface area contributed by atoms with Gasteiger partial charge in [0.15, 0.2) is 5.82 Å². The second kappa shape index (κ2) is 8.53. The maximum atomic E-state index is 12.7. The number of carbonyl (C=O) groups is 1. The minimum Gasteiger partial charge on any atom is -0.336 e. The van der Waals surface area contributed by atoms with Gasteiger partial charge in [-0.2, -0.15) is 4.98 Å². The van der Waals surface area contributed by atoms with Gasteiger partial charge in [0, 0.05) is 36.8 Å². The van der Waals surface area contributed by atoms with Crippen LogP contribution < -0.4 is 0 Å². The van der Waals surface area contributed by atoms with Gasteiger partial charge in [0.25, 0.3) is 11.8 Å². The number of amides is 1. The Morgan fingerprint density at radius 3 is 2.62 bits per heavy atom. The maximum Gasteiger partial charge on any atom is 0.257 e. The van der Waals surface area contributed by atoms with Crippen LogP contribution in [0.3, 0.4) is 0 Å². The zero-order valence-electron chi connectivity index (χ0n) is 15.9. The van der Waals surface area contributed by atoms with E-state index >= 15 is 0 Å². The minimum absolute atomic E-state index is 0.0763. The average Bonchev–Trinajstić information content (AvgIpc) is 3.17. The van der Waals surface area contributed by atoms with Crippen LogP contribution in [0.5, 0.6) is 0 Å². The van der Waals surface area contributed by atoms with Crippen molar-refractivity contribution >= 4 is 29.1 Å². The van der Waals surface area contributed by atoms with Gasteiger partial charge in [-0.3, -0.25) is 9.69 Å². The standard InChI is InChI=1S/C21H20Cl2N4O2/c1-14-3-2-4-15(11-14)20-24-19(25-29-20)13-26-7-9-27(10-8-26)21(28)17-6-5-16(22)12-18(17)23/h2-6,11-12H,7-10,13H2,1H3. The van der Waals surface area contributed by atoms with E-state index in [9.17, 15) is 4.79 Å². The van der Waals surface area contributed by atoms with Crippen molar-refractivity contribution in [2.45, 2.75) is 13.5 Å². The summed E-state index contributed by atoms with van der Waals surface area (Å²) in [6.07, 6.45) is 0. The number of piperazine rings is 1. The predicted octanol–water partition coefficient (Wildman–Crippen LogP) is 4.31. The number of nitrogens with zero attached hydrogens (tertiary/aromatic N) is 4. The van der Waals surface area contributed by atoms with E-state index in [2.05, 4.69) is 15.0 Å². The summed E-state index contributed by atoms with van der Waals surface area (Å²) in [6, 6.07) is 12.9. The van der Waals surface area contributed by atoms with Gasteiger partial charge in [-0.05, 0) is 37.3 Å². The zero-order chi connectivity index (χ0) is 20.4. The van der Waals surface area contributed by atoms with E-state index in [1.807, 2.05) is 31.2 Å².